The number of rotatable bonds is 2. The van der Waals surface area contributed by atoms with Gasteiger partial charge in [0.2, 0.25) is 0 Å². The minimum absolute atomic E-state index is 0.0228. The topological polar surface area (TPSA) is 32.0 Å². The van der Waals surface area contributed by atoms with Crippen LogP contribution in [0.5, 0.6) is 0 Å². The summed E-state index contributed by atoms with van der Waals surface area (Å²) in [6, 6.07) is 33.2. The first-order valence-corrected chi connectivity index (χ1v) is 14.9. The van der Waals surface area contributed by atoms with Gasteiger partial charge in [0.05, 0.1) is 28.7 Å². The van der Waals surface area contributed by atoms with E-state index in [4.69, 9.17) is 0 Å². The first-order valence-electron chi connectivity index (χ1n) is 14.9. The molecular formula is C39H37N3. The van der Waals surface area contributed by atoms with E-state index >= 15 is 0 Å². The Bertz CT molecular complexity index is 1980. The number of nitriles is 1. The van der Waals surface area contributed by atoms with Crippen molar-refractivity contribution in [1.82, 2.24) is 4.57 Å². The molecule has 2 unspecified atom stereocenters. The number of allylic oxidation sites excluding steroid dienone is 2. The maximum atomic E-state index is 10.3. The molecule has 4 aromatic carbocycles. The van der Waals surface area contributed by atoms with Crippen LogP contribution in [0.25, 0.3) is 27.5 Å². The van der Waals surface area contributed by atoms with E-state index in [-0.39, 0.29) is 22.8 Å². The van der Waals surface area contributed by atoms with E-state index in [1.165, 1.54) is 38.7 Å². The third kappa shape index (κ3) is 4.09. The highest BCUT2D eigenvalue weighted by Crippen LogP contribution is 2.50. The normalized spacial score (nSPS) is 18.2. The summed E-state index contributed by atoms with van der Waals surface area (Å²) < 4.78 is 2.35. The van der Waals surface area contributed by atoms with E-state index in [0.29, 0.717) is 5.56 Å². The lowest BCUT2D eigenvalue weighted by Crippen LogP contribution is -2.31. The van der Waals surface area contributed by atoms with Crippen LogP contribution in [0.15, 0.2) is 109 Å². The maximum absolute atomic E-state index is 10.3. The van der Waals surface area contributed by atoms with Crippen LogP contribution in [-0.2, 0) is 5.41 Å². The molecule has 7 rings (SSSR count). The summed E-state index contributed by atoms with van der Waals surface area (Å²) in [5, 5.41) is 12.7. The molecule has 208 valence electrons. The van der Waals surface area contributed by atoms with Crippen LogP contribution in [-0.4, -0.2) is 10.6 Å². The molecular weight excluding hydrogens is 510 g/mol. The van der Waals surface area contributed by atoms with E-state index in [2.05, 4.69) is 154 Å². The van der Waals surface area contributed by atoms with Crippen LogP contribution < -0.4 is 4.90 Å². The third-order valence-corrected chi connectivity index (χ3v) is 9.03. The second-order valence-corrected chi connectivity index (χ2v) is 13.9. The number of hydrogen-bond donors (Lipinski definition) is 0. The molecule has 0 N–H and O–H groups in total. The third-order valence-electron chi connectivity index (χ3n) is 9.03. The quantitative estimate of drug-likeness (QED) is 0.220. The van der Waals surface area contributed by atoms with Crippen LogP contribution in [0.4, 0.5) is 11.4 Å². The molecule has 3 nitrogen and oxygen atoms in total. The minimum Gasteiger partial charge on any atom is -0.333 e. The molecule has 0 saturated carbocycles. The first kappa shape index (κ1) is 26.4. The van der Waals surface area contributed by atoms with Gasteiger partial charge in [-0.05, 0) is 63.9 Å². The Labute approximate surface area is 249 Å². The molecule has 0 bridgehead atoms. The van der Waals surface area contributed by atoms with Crippen LogP contribution in [0.2, 0.25) is 0 Å². The monoisotopic (exact) mass is 547 g/mol. The van der Waals surface area contributed by atoms with Gasteiger partial charge in [-0.25, -0.2) is 0 Å². The average Bonchev–Trinajstić information content (AvgIpc) is 3.48. The zero-order valence-electron chi connectivity index (χ0n) is 25.3. The van der Waals surface area contributed by atoms with Gasteiger partial charge in [-0.15, -0.1) is 0 Å². The van der Waals surface area contributed by atoms with Gasteiger partial charge in [-0.1, -0.05) is 108 Å². The van der Waals surface area contributed by atoms with Crippen LogP contribution in [0.1, 0.15) is 64.2 Å². The molecule has 2 heterocycles. The number of hydrogen-bond acceptors (Lipinski definition) is 2. The Morgan fingerprint density at radius 2 is 1.43 bits per heavy atom. The Kier molecular flexibility index (Phi) is 5.79. The summed E-state index contributed by atoms with van der Waals surface area (Å²) >= 11 is 0. The number of fused-ring (bicyclic) bond motifs is 6. The zero-order chi connectivity index (χ0) is 29.4. The molecule has 3 heteroatoms. The fourth-order valence-electron chi connectivity index (χ4n) is 6.79. The maximum Gasteiger partial charge on any atom is 0.0993 e. The molecule has 1 aliphatic heterocycles. The molecule has 42 heavy (non-hydrogen) atoms. The first-order chi connectivity index (χ1) is 20.0. The lowest BCUT2D eigenvalue weighted by Gasteiger charge is -2.33. The standard InChI is InChI=1S/C39H37N3/c1-38(2,3)26-15-17-32-30-11-7-9-13-34(30)41(36(32)21-26)28-19-25(24-40)20-29(23-28)42-35-14-10-8-12-31(35)33-18-16-27(22-37(33)42)39(4,5)6/h7-23,32,36H,1-6H3. The number of para-hydroxylation sites is 2. The van der Waals surface area contributed by atoms with Crippen molar-refractivity contribution in [2.75, 3.05) is 4.90 Å². The highest BCUT2D eigenvalue weighted by molar-refractivity contribution is 6.09. The molecule has 1 aromatic heterocycles. The molecule has 0 fully saturated rings. The van der Waals surface area contributed by atoms with Crippen molar-refractivity contribution >= 4 is 33.2 Å². The molecule has 5 aromatic rings. The van der Waals surface area contributed by atoms with E-state index in [9.17, 15) is 5.26 Å². The van der Waals surface area contributed by atoms with Gasteiger partial charge in [0.25, 0.3) is 0 Å². The van der Waals surface area contributed by atoms with Crippen molar-refractivity contribution in [1.29, 1.82) is 5.26 Å². The molecule has 2 atom stereocenters. The van der Waals surface area contributed by atoms with Crippen molar-refractivity contribution in [2.45, 2.75) is 58.9 Å². The summed E-state index contributed by atoms with van der Waals surface area (Å²) in [7, 11) is 0. The van der Waals surface area contributed by atoms with Gasteiger partial charge in [-0.2, -0.15) is 5.26 Å². The summed E-state index contributed by atoms with van der Waals surface area (Å²) in [6.07, 6.45) is 7.13. The fourth-order valence-corrected chi connectivity index (χ4v) is 6.79. The Morgan fingerprint density at radius 3 is 2.19 bits per heavy atom. The zero-order valence-corrected chi connectivity index (χ0v) is 25.3. The molecule has 0 radical (unpaired) electrons. The fraction of sp³-hybridized carbons (Fsp3) is 0.256. The SMILES string of the molecule is CC(C)(C)C1=CC2C(C=C1)c1ccccc1N2c1cc(C#N)cc(-n2c3ccccc3c3ccc(C(C)(C)C)cc32)c1. The van der Waals surface area contributed by atoms with E-state index in [1.807, 2.05) is 6.07 Å². The highest BCUT2D eigenvalue weighted by atomic mass is 15.2. The van der Waals surface area contributed by atoms with Crippen LogP contribution in [0, 0.1) is 16.7 Å². The van der Waals surface area contributed by atoms with Gasteiger partial charge in [-0.3, -0.25) is 0 Å². The predicted octanol–water partition coefficient (Wildman–Crippen LogP) is 10.1. The Morgan fingerprint density at radius 1 is 0.714 bits per heavy atom. The molecule has 0 amide bonds. The Hall–Kier alpha value is -4.55. The number of aromatic nitrogens is 1. The Balaban J connectivity index is 1.48. The van der Waals surface area contributed by atoms with Gasteiger partial charge >= 0.3 is 0 Å². The lowest BCUT2D eigenvalue weighted by atomic mass is 9.79. The van der Waals surface area contributed by atoms with Gasteiger partial charge in [0.1, 0.15) is 0 Å². The summed E-state index contributed by atoms with van der Waals surface area (Å²) in [5.41, 5.74) is 10.3. The molecule has 0 spiro atoms. The van der Waals surface area contributed by atoms with Crippen LogP contribution in [0.3, 0.4) is 0 Å². The number of nitrogens with zero attached hydrogens (tertiary/aromatic N) is 3. The summed E-state index contributed by atoms with van der Waals surface area (Å²) in [6.45, 7) is 13.6. The van der Waals surface area contributed by atoms with Crippen molar-refractivity contribution in [2.24, 2.45) is 5.41 Å². The lowest BCUT2D eigenvalue weighted by molar-refractivity contribution is 0.506. The van der Waals surface area contributed by atoms with Crippen molar-refractivity contribution in [3.8, 4) is 11.8 Å². The second kappa shape index (κ2) is 9.23. The van der Waals surface area contributed by atoms with Gasteiger partial charge < -0.3 is 9.47 Å². The van der Waals surface area contributed by atoms with Crippen molar-refractivity contribution in [3.05, 3.63) is 125 Å². The van der Waals surface area contributed by atoms with Crippen molar-refractivity contribution in [3.63, 3.8) is 0 Å². The molecule has 0 saturated heterocycles. The van der Waals surface area contributed by atoms with E-state index < -0.39 is 0 Å². The largest absolute Gasteiger partial charge is 0.333 e. The predicted molar refractivity (Wildman–Crippen MR) is 176 cm³/mol. The molecule has 2 aliphatic rings. The average molecular weight is 548 g/mol. The molecule has 1 aliphatic carbocycles. The number of anilines is 2. The summed E-state index contributed by atoms with van der Waals surface area (Å²) in [5.74, 6) is 0.268. The second-order valence-electron chi connectivity index (χ2n) is 13.9. The summed E-state index contributed by atoms with van der Waals surface area (Å²) in [4.78, 5) is 2.45. The number of benzene rings is 4. The van der Waals surface area contributed by atoms with E-state index in [1.54, 1.807) is 0 Å². The van der Waals surface area contributed by atoms with Crippen molar-refractivity contribution < 1.29 is 0 Å². The smallest absolute Gasteiger partial charge is 0.0993 e. The van der Waals surface area contributed by atoms with Gasteiger partial charge in [0.15, 0.2) is 0 Å². The van der Waals surface area contributed by atoms with E-state index in [0.717, 1.165) is 16.9 Å². The van der Waals surface area contributed by atoms with Gasteiger partial charge in [0, 0.05) is 33.8 Å². The highest BCUT2D eigenvalue weighted by Gasteiger charge is 2.39. The van der Waals surface area contributed by atoms with Crippen LogP contribution >= 0.6 is 0 Å². The minimum atomic E-state index is 0.0228.